The van der Waals surface area contributed by atoms with E-state index >= 15 is 0 Å². The van der Waals surface area contributed by atoms with Crippen LogP contribution in [0.5, 0.6) is 0 Å². The smallest absolute Gasteiger partial charge is 0.223 e. The number of aryl methyl sites for hydroxylation is 1. The Bertz CT molecular complexity index is 527. The number of likely N-dealkylation sites (tertiary alicyclic amines) is 1. The monoisotopic (exact) mass is 348 g/mol. The van der Waals surface area contributed by atoms with Gasteiger partial charge in [-0.15, -0.1) is 0 Å². The van der Waals surface area contributed by atoms with Crippen molar-refractivity contribution in [2.75, 3.05) is 25.1 Å². The first-order valence-corrected chi connectivity index (χ1v) is 10.1. The van der Waals surface area contributed by atoms with E-state index in [1.807, 2.05) is 36.3 Å². The molecule has 0 saturated carbocycles. The molecular weight excluding hydrogens is 320 g/mol. The van der Waals surface area contributed by atoms with Crippen LogP contribution in [-0.2, 0) is 16.0 Å². The molecule has 1 aliphatic rings. The quantitative estimate of drug-likeness (QED) is 0.824. The molecule has 0 unspecified atom stereocenters. The lowest BCUT2D eigenvalue weighted by Crippen LogP contribution is -2.47. The van der Waals surface area contributed by atoms with E-state index in [0.717, 1.165) is 38.1 Å². The normalized spacial score (nSPS) is 16.7. The molecule has 24 heavy (non-hydrogen) atoms. The van der Waals surface area contributed by atoms with Crippen molar-refractivity contribution in [3.05, 3.63) is 35.9 Å². The third-order valence-corrected chi connectivity index (χ3v) is 5.36. The lowest BCUT2D eigenvalue weighted by molar-refractivity contribution is -0.132. The van der Waals surface area contributed by atoms with Crippen LogP contribution in [0.15, 0.2) is 30.3 Å². The highest BCUT2D eigenvalue weighted by Crippen LogP contribution is 2.14. The summed E-state index contributed by atoms with van der Waals surface area (Å²) < 4.78 is 0. The van der Waals surface area contributed by atoms with E-state index < -0.39 is 0 Å². The van der Waals surface area contributed by atoms with Crippen LogP contribution in [0.3, 0.4) is 0 Å². The van der Waals surface area contributed by atoms with E-state index in [1.165, 1.54) is 5.56 Å². The van der Waals surface area contributed by atoms with Gasteiger partial charge in [-0.25, -0.2) is 0 Å². The Kier molecular flexibility index (Phi) is 7.63. The molecule has 4 nitrogen and oxygen atoms in total. The van der Waals surface area contributed by atoms with Crippen molar-refractivity contribution in [3.63, 3.8) is 0 Å². The standard InChI is InChI=1S/C19H28N2O2S/c1-15(14-24-2)19(23)20-17-10-12-21(13-11-17)18(22)9-8-16-6-4-3-5-7-16/h3-7,15,17H,8-14H2,1-2H3,(H,20,23)/t15-/m0/s1. The number of nitrogens with one attached hydrogen (secondary N) is 1. The maximum absolute atomic E-state index is 12.3. The first kappa shape index (κ1) is 18.8. The molecule has 0 aliphatic carbocycles. The highest BCUT2D eigenvalue weighted by molar-refractivity contribution is 7.98. The van der Waals surface area contributed by atoms with Crippen LogP contribution in [0.25, 0.3) is 0 Å². The lowest BCUT2D eigenvalue weighted by atomic mass is 10.0. The van der Waals surface area contributed by atoms with Gasteiger partial charge in [0.1, 0.15) is 0 Å². The van der Waals surface area contributed by atoms with Crippen molar-refractivity contribution in [2.24, 2.45) is 5.92 Å². The van der Waals surface area contributed by atoms with Gasteiger partial charge >= 0.3 is 0 Å². The Hall–Kier alpha value is -1.49. The summed E-state index contributed by atoms with van der Waals surface area (Å²) in [6.45, 7) is 3.46. The van der Waals surface area contributed by atoms with Crippen molar-refractivity contribution in [1.29, 1.82) is 0 Å². The van der Waals surface area contributed by atoms with Gasteiger partial charge in [-0.05, 0) is 31.1 Å². The average molecular weight is 349 g/mol. The van der Waals surface area contributed by atoms with Crippen molar-refractivity contribution in [3.8, 4) is 0 Å². The second-order valence-corrected chi connectivity index (χ2v) is 7.42. The van der Waals surface area contributed by atoms with Crippen LogP contribution in [0.4, 0.5) is 0 Å². The van der Waals surface area contributed by atoms with Gasteiger partial charge in [0.2, 0.25) is 11.8 Å². The van der Waals surface area contributed by atoms with Crippen LogP contribution in [0.1, 0.15) is 31.7 Å². The number of carbonyl (C=O) groups is 2. The first-order valence-electron chi connectivity index (χ1n) is 8.71. The summed E-state index contributed by atoms with van der Waals surface area (Å²) in [5.74, 6) is 1.26. The van der Waals surface area contributed by atoms with Gasteiger partial charge in [0.15, 0.2) is 0 Å². The Labute approximate surface area is 149 Å². The summed E-state index contributed by atoms with van der Waals surface area (Å²) in [6, 6.07) is 10.3. The number of piperidine rings is 1. The summed E-state index contributed by atoms with van der Waals surface area (Å²) in [5, 5.41) is 3.13. The third-order valence-electron chi connectivity index (χ3n) is 4.53. The molecule has 132 valence electrons. The Morgan fingerprint density at radius 1 is 1.25 bits per heavy atom. The molecule has 1 aromatic rings. The SMILES string of the molecule is CSC[C@H](C)C(=O)NC1CCN(C(=O)CCc2ccccc2)CC1. The summed E-state index contributed by atoms with van der Waals surface area (Å²) >= 11 is 1.69. The fourth-order valence-corrected chi connectivity index (χ4v) is 3.65. The predicted octanol–water partition coefficient (Wildman–Crippen LogP) is 2.73. The number of thioether (sulfide) groups is 1. The Morgan fingerprint density at radius 2 is 1.92 bits per heavy atom. The first-order chi connectivity index (χ1) is 11.6. The Morgan fingerprint density at radius 3 is 2.54 bits per heavy atom. The zero-order valence-corrected chi connectivity index (χ0v) is 15.5. The van der Waals surface area contributed by atoms with Gasteiger partial charge in [0.05, 0.1) is 0 Å². The van der Waals surface area contributed by atoms with E-state index in [2.05, 4.69) is 17.4 Å². The molecule has 0 aromatic heterocycles. The van der Waals surface area contributed by atoms with Crippen LogP contribution in [0, 0.1) is 5.92 Å². The summed E-state index contributed by atoms with van der Waals surface area (Å²) in [4.78, 5) is 26.3. The second kappa shape index (κ2) is 9.72. The molecule has 0 bridgehead atoms. The largest absolute Gasteiger partial charge is 0.353 e. The predicted molar refractivity (Wildman–Crippen MR) is 100 cm³/mol. The molecular formula is C19H28N2O2S. The van der Waals surface area contributed by atoms with Crippen molar-refractivity contribution in [1.82, 2.24) is 10.2 Å². The fourth-order valence-electron chi connectivity index (χ4n) is 3.00. The van der Waals surface area contributed by atoms with Crippen molar-refractivity contribution >= 4 is 23.6 Å². The van der Waals surface area contributed by atoms with Crippen molar-refractivity contribution < 1.29 is 9.59 Å². The molecule has 1 atom stereocenters. The highest BCUT2D eigenvalue weighted by atomic mass is 32.2. The number of rotatable bonds is 7. The van der Waals surface area contributed by atoms with Gasteiger partial charge in [-0.1, -0.05) is 37.3 Å². The van der Waals surface area contributed by atoms with E-state index in [0.29, 0.717) is 6.42 Å². The average Bonchev–Trinajstić information content (AvgIpc) is 2.61. The molecule has 2 amide bonds. The van der Waals surface area contributed by atoms with Gasteiger partial charge in [0.25, 0.3) is 0 Å². The van der Waals surface area contributed by atoms with E-state index in [9.17, 15) is 9.59 Å². The molecule has 1 saturated heterocycles. The Balaban J connectivity index is 1.70. The highest BCUT2D eigenvalue weighted by Gasteiger charge is 2.24. The third kappa shape index (κ3) is 5.86. The summed E-state index contributed by atoms with van der Waals surface area (Å²) in [5.41, 5.74) is 1.20. The number of carbonyl (C=O) groups excluding carboxylic acids is 2. The van der Waals surface area contributed by atoms with Crippen LogP contribution in [0.2, 0.25) is 0 Å². The van der Waals surface area contributed by atoms with Crippen molar-refractivity contribution in [2.45, 2.75) is 38.6 Å². The molecule has 0 radical (unpaired) electrons. The molecule has 1 aliphatic heterocycles. The van der Waals surface area contributed by atoms with E-state index in [-0.39, 0.29) is 23.8 Å². The second-order valence-electron chi connectivity index (χ2n) is 6.51. The zero-order valence-electron chi connectivity index (χ0n) is 14.7. The van der Waals surface area contributed by atoms with E-state index in [4.69, 9.17) is 0 Å². The van der Waals surface area contributed by atoms with Gasteiger partial charge in [-0.3, -0.25) is 9.59 Å². The minimum atomic E-state index is 0.0468. The number of benzene rings is 1. The topological polar surface area (TPSA) is 49.4 Å². The number of nitrogens with zero attached hydrogens (tertiary/aromatic N) is 1. The number of hydrogen-bond donors (Lipinski definition) is 1. The number of hydrogen-bond acceptors (Lipinski definition) is 3. The van der Waals surface area contributed by atoms with E-state index in [1.54, 1.807) is 11.8 Å². The van der Waals surface area contributed by atoms with Gasteiger partial charge in [-0.2, -0.15) is 11.8 Å². The fraction of sp³-hybridized carbons (Fsp3) is 0.579. The maximum atomic E-state index is 12.3. The maximum Gasteiger partial charge on any atom is 0.223 e. The van der Waals surface area contributed by atoms with Crippen LogP contribution < -0.4 is 5.32 Å². The minimum absolute atomic E-state index is 0.0468. The molecule has 1 fully saturated rings. The molecule has 5 heteroatoms. The van der Waals surface area contributed by atoms with Gasteiger partial charge < -0.3 is 10.2 Å². The minimum Gasteiger partial charge on any atom is -0.353 e. The summed E-state index contributed by atoms with van der Waals surface area (Å²) in [7, 11) is 0. The number of amides is 2. The van der Waals surface area contributed by atoms with Crippen LogP contribution in [-0.4, -0.2) is 47.9 Å². The molecule has 1 heterocycles. The molecule has 2 rings (SSSR count). The van der Waals surface area contributed by atoms with Gasteiger partial charge in [0, 0.05) is 37.2 Å². The lowest BCUT2D eigenvalue weighted by Gasteiger charge is -2.33. The molecule has 1 N–H and O–H groups in total. The zero-order chi connectivity index (χ0) is 17.4. The molecule has 0 spiro atoms. The van der Waals surface area contributed by atoms with Crippen LogP contribution >= 0.6 is 11.8 Å². The summed E-state index contributed by atoms with van der Waals surface area (Å²) in [6.07, 6.45) is 5.08. The molecule has 1 aromatic carbocycles.